The maximum absolute atomic E-state index is 14.2. The van der Waals surface area contributed by atoms with E-state index in [4.69, 9.17) is 24.4 Å². The Morgan fingerprint density at radius 3 is 1.67 bits per heavy atom. The zero-order valence-corrected chi connectivity index (χ0v) is 35.5. The Bertz CT molecular complexity index is 3240. The van der Waals surface area contributed by atoms with E-state index in [2.05, 4.69) is 15.6 Å². The van der Waals surface area contributed by atoms with Gasteiger partial charge in [0, 0.05) is 11.1 Å². The number of para-hydroxylation sites is 4. The number of anilines is 1. The van der Waals surface area contributed by atoms with E-state index < -0.39 is 0 Å². The molecule has 63 heavy (non-hydrogen) atoms. The fourth-order valence-electron chi connectivity index (χ4n) is 7.73. The molecule has 12 heteroatoms. The summed E-state index contributed by atoms with van der Waals surface area (Å²) < 4.78 is 13.2. The highest BCUT2D eigenvalue weighted by Crippen LogP contribution is 2.47. The van der Waals surface area contributed by atoms with Gasteiger partial charge in [0.1, 0.15) is 33.2 Å². The molecule has 0 aliphatic carbocycles. The van der Waals surface area contributed by atoms with Crippen LogP contribution in [0.2, 0.25) is 0 Å². The first-order valence-corrected chi connectivity index (χ1v) is 21.6. The second kappa shape index (κ2) is 16.8. The SMILES string of the molecule is COc1ccccc1C(=O)NC1=NC(=Cc2[nH]c(NC(=O)c3ccccc3OC)c(-c3nc4ccccc4s3)c2-c2ccccc2)C(c2ccccc2)=C1c1nc2ccccc2s1. The molecule has 0 unspecified atom stereocenters. The number of H-pyrrole nitrogens is 1. The summed E-state index contributed by atoms with van der Waals surface area (Å²) in [6, 6.07) is 50.1. The predicted octanol–water partition coefficient (Wildman–Crippen LogP) is 11.6. The topological polar surface area (TPSA) is 131 Å². The van der Waals surface area contributed by atoms with Gasteiger partial charge in [-0.3, -0.25) is 9.59 Å². The molecule has 0 atom stereocenters. The van der Waals surface area contributed by atoms with Gasteiger partial charge in [-0.1, -0.05) is 109 Å². The number of nitrogens with one attached hydrogen (secondary N) is 3. The average molecular weight is 861 g/mol. The van der Waals surface area contributed by atoms with E-state index in [0.717, 1.165) is 42.7 Å². The van der Waals surface area contributed by atoms with E-state index in [1.165, 1.54) is 29.8 Å². The van der Waals surface area contributed by atoms with Gasteiger partial charge in [-0.25, -0.2) is 15.0 Å². The lowest BCUT2D eigenvalue weighted by atomic mass is 9.96. The molecule has 1 aliphatic rings. The van der Waals surface area contributed by atoms with Gasteiger partial charge in [0.2, 0.25) is 0 Å². The number of carbonyl (C=O) groups excluding carboxylic acids is 2. The van der Waals surface area contributed by atoms with Crippen molar-refractivity contribution < 1.29 is 19.1 Å². The molecule has 306 valence electrons. The summed E-state index contributed by atoms with van der Waals surface area (Å²) >= 11 is 3.06. The summed E-state index contributed by atoms with van der Waals surface area (Å²) in [5.41, 5.74) is 8.30. The normalized spacial score (nSPS) is 13.1. The molecular formula is C51H36N6O4S2. The molecule has 10 rings (SSSR count). The minimum atomic E-state index is -0.386. The highest BCUT2D eigenvalue weighted by atomic mass is 32.1. The zero-order valence-electron chi connectivity index (χ0n) is 33.9. The third-order valence-electron chi connectivity index (χ3n) is 10.6. The molecule has 0 saturated carbocycles. The maximum atomic E-state index is 14.2. The Labute approximate surface area is 370 Å². The quantitative estimate of drug-likeness (QED) is 0.126. The van der Waals surface area contributed by atoms with Crippen LogP contribution >= 0.6 is 22.7 Å². The number of rotatable bonds is 10. The van der Waals surface area contributed by atoms with Crippen molar-refractivity contribution in [3.8, 4) is 33.2 Å². The first kappa shape index (κ1) is 39.2. The lowest BCUT2D eigenvalue weighted by Crippen LogP contribution is -2.30. The number of allylic oxidation sites excluding steroid dienone is 1. The second-order valence-corrected chi connectivity index (χ2v) is 16.5. The number of nitrogens with zero attached hydrogens (tertiary/aromatic N) is 3. The lowest BCUT2D eigenvalue weighted by molar-refractivity contribution is 0.0973. The molecule has 9 aromatic rings. The molecule has 2 amide bonds. The van der Waals surface area contributed by atoms with Gasteiger partial charge in [-0.2, -0.15) is 0 Å². The largest absolute Gasteiger partial charge is 0.496 e. The van der Waals surface area contributed by atoms with Gasteiger partial charge >= 0.3 is 0 Å². The molecule has 0 fully saturated rings. The van der Waals surface area contributed by atoms with Crippen LogP contribution in [-0.2, 0) is 0 Å². The molecule has 0 bridgehead atoms. The summed E-state index contributed by atoms with van der Waals surface area (Å²) in [6.07, 6.45) is 1.97. The van der Waals surface area contributed by atoms with Crippen LogP contribution < -0.4 is 20.1 Å². The van der Waals surface area contributed by atoms with Crippen LogP contribution in [0.15, 0.2) is 168 Å². The molecule has 3 aromatic heterocycles. The van der Waals surface area contributed by atoms with Crippen LogP contribution in [0.5, 0.6) is 11.5 Å². The summed E-state index contributed by atoms with van der Waals surface area (Å²) in [4.78, 5) is 47.6. The minimum Gasteiger partial charge on any atom is -0.496 e. The lowest BCUT2D eigenvalue weighted by Gasteiger charge is -2.11. The Morgan fingerprint density at radius 2 is 1.06 bits per heavy atom. The highest BCUT2D eigenvalue weighted by molar-refractivity contribution is 7.21. The monoisotopic (exact) mass is 860 g/mol. The Morgan fingerprint density at radius 1 is 0.556 bits per heavy atom. The molecule has 0 radical (unpaired) electrons. The van der Waals surface area contributed by atoms with E-state index in [0.29, 0.717) is 66.8 Å². The fourth-order valence-corrected chi connectivity index (χ4v) is 9.78. The number of amides is 2. The van der Waals surface area contributed by atoms with Gasteiger partial charge < -0.3 is 25.1 Å². The van der Waals surface area contributed by atoms with Gasteiger partial charge in [-0.15, -0.1) is 22.7 Å². The number of aromatic amines is 1. The Hall–Kier alpha value is -7.93. The number of hydrogen-bond donors (Lipinski definition) is 3. The van der Waals surface area contributed by atoms with E-state index in [-0.39, 0.29) is 11.8 Å². The molecule has 3 N–H and O–H groups in total. The fraction of sp³-hybridized carbons (Fsp3) is 0.0392. The summed E-state index contributed by atoms with van der Waals surface area (Å²) in [6.45, 7) is 0. The molecule has 10 nitrogen and oxygen atoms in total. The number of carbonyl (C=O) groups is 2. The second-order valence-electron chi connectivity index (χ2n) is 14.4. The van der Waals surface area contributed by atoms with Crippen LogP contribution in [0.1, 0.15) is 37.0 Å². The number of thiazole rings is 2. The number of hydrogen-bond acceptors (Lipinski definition) is 9. The van der Waals surface area contributed by atoms with E-state index >= 15 is 0 Å². The highest BCUT2D eigenvalue weighted by Gasteiger charge is 2.32. The van der Waals surface area contributed by atoms with Crippen LogP contribution in [0.3, 0.4) is 0 Å². The Balaban J connectivity index is 1.23. The smallest absolute Gasteiger partial charge is 0.260 e. The van der Waals surface area contributed by atoms with Crippen molar-refractivity contribution in [2.75, 3.05) is 19.5 Å². The number of aromatic nitrogens is 3. The average Bonchev–Trinajstić information content (AvgIpc) is 4.12. The summed E-state index contributed by atoms with van der Waals surface area (Å²) in [7, 11) is 3.08. The van der Waals surface area contributed by atoms with E-state index in [1.807, 2.05) is 127 Å². The summed E-state index contributed by atoms with van der Waals surface area (Å²) in [5, 5.41) is 7.74. The number of amidine groups is 1. The molecular weight excluding hydrogens is 825 g/mol. The predicted molar refractivity (Wildman–Crippen MR) is 255 cm³/mol. The van der Waals surface area contributed by atoms with Crippen LogP contribution in [0, 0.1) is 0 Å². The van der Waals surface area contributed by atoms with Crippen molar-refractivity contribution in [3.63, 3.8) is 0 Å². The van der Waals surface area contributed by atoms with Crippen LogP contribution in [0.4, 0.5) is 5.82 Å². The van der Waals surface area contributed by atoms with Crippen molar-refractivity contribution in [1.29, 1.82) is 0 Å². The maximum Gasteiger partial charge on any atom is 0.260 e. The number of fused-ring (bicyclic) bond motifs is 2. The molecule has 0 saturated heterocycles. The van der Waals surface area contributed by atoms with E-state index in [1.54, 1.807) is 43.5 Å². The van der Waals surface area contributed by atoms with Gasteiger partial charge in [0.15, 0.2) is 0 Å². The number of methoxy groups -OCH3 is 2. The van der Waals surface area contributed by atoms with Crippen LogP contribution in [-0.4, -0.2) is 46.8 Å². The van der Waals surface area contributed by atoms with Crippen LogP contribution in [0.25, 0.3) is 59.4 Å². The molecule has 6 aromatic carbocycles. The van der Waals surface area contributed by atoms with Crippen molar-refractivity contribution >= 4 is 83.8 Å². The van der Waals surface area contributed by atoms with Crippen molar-refractivity contribution in [2.24, 2.45) is 4.99 Å². The molecule has 1 aliphatic heterocycles. The zero-order chi connectivity index (χ0) is 42.9. The number of ether oxygens (including phenoxy) is 2. The first-order valence-electron chi connectivity index (χ1n) is 20.0. The van der Waals surface area contributed by atoms with Gasteiger partial charge in [0.25, 0.3) is 11.8 Å². The number of benzene rings is 6. The third-order valence-corrected chi connectivity index (χ3v) is 12.7. The standard InChI is InChI=1S/C51H36N6O4S2/c1-60-38-25-13-9-21-32(38)48(58)56-46-44(50-54-34-23-11-15-27-40(34)62-50)42(30-17-5-3-6-18-30)36(52-46)29-37-43(31-19-7-4-8-20-31)45(51-55-35-24-12-16-28-41(35)63-51)47(53-37)57-49(59)33-22-10-14-26-39(33)61-2/h3-29,52H,1-2H3,(H,56,58)(H,53,57,59). The molecule has 0 spiro atoms. The van der Waals surface area contributed by atoms with Gasteiger partial charge in [0.05, 0.1) is 68.3 Å². The number of aliphatic imine (C=N–C) groups is 1. The van der Waals surface area contributed by atoms with Crippen molar-refractivity contribution in [2.45, 2.75) is 0 Å². The summed E-state index contributed by atoms with van der Waals surface area (Å²) in [5.74, 6) is 0.901. The van der Waals surface area contributed by atoms with E-state index in [9.17, 15) is 9.59 Å². The minimum absolute atomic E-state index is 0.332. The van der Waals surface area contributed by atoms with Gasteiger partial charge in [-0.05, 0) is 65.7 Å². The first-order chi connectivity index (χ1) is 31.0. The third kappa shape index (κ3) is 7.47. The van der Waals surface area contributed by atoms with Crippen molar-refractivity contribution in [1.82, 2.24) is 20.3 Å². The Kier molecular flexibility index (Phi) is 10.5. The molecule has 4 heterocycles. The van der Waals surface area contributed by atoms with Crippen molar-refractivity contribution in [3.05, 3.63) is 191 Å².